The van der Waals surface area contributed by atoms with E-state index in [4.69, 9.17) is 0 Å². The van der Waals surface area contributed by atoms with E-state index in [1.165, 1.54) is 0 Å². The van der Waals surface area contributed by atoms with E-state index in [0.29, 0.717) is 17.3 Å². The van der Waals surface area contributed by atoms with Crippen molar-refractivity contribution in [3.63, 3.8) is 0 Å². The van der Waals surface area contributed by atoms with Crippen molar-refractivity contribution in [2.75, 3.05) is 10.6 Å². The van der Waals surface area contributed by atoms with E-state index < -0.39 is 11.9 Å². The van der Waals surface area contributed by atoms with E-state index in [1.54, 1.807) is 24.3 Å². The first-order chi connectivity index (χ1) is 12.0. The van der Waals surface area contributed by atoms with E-state index in [1.807, 2.05) is 31.2 Å². The number of carboxylic acid groups (broad SMARTS) is 1. The summed E-state index contributed by atoms with van der Waals surface area (Å²) in [5, 5.41) is 15.6. The predicted octanol–water partition coefficient (Wildman–Crippen LogP) is 1.75. The molecule has 0 heterocycles. The molecular weight excluding hydrogens is 320 g/mol. The zero-order valence-electron chi connectivity index (χ0n) is 13.6. The van der Waals surface area contributed by atoms with Gasteiger partial charge in [0, 0.05) is 23.0 Å². The van der Waals surface area contributed by atoms with Crippen molar-refractivity contribution < 1.29 is 19.5 Å². The maximum atomic E-state index is 12.3. The summed E-state index contributed by atoms with van der Waals surface area (Å²) in [6, 6.07) is 13.8. The maximum Gasteiger partial charge on any atom is 0.255 e. The number of amides is 2. The number of hydrogen-bond acceptors (Lipinski definition) is 4. The lowest BCUT2D eigenvalue weighted by Crippen LogP contribution is -2.20. The molecule has 0 aliphatic heterocycles. The quantitative estimate of drug-likeness (QED) is 0.785. The standard InChI is InChI=1S/C19H18N2O4/c1-2-13-5-3-4-6-16(13)21-19(25)14-7-9-15(10-8-14)20-17(22)11-12-18(23)24/h3-12H,2H2,1H3,(H,20,22)(H,21,25)(H,23,24)/p-1/b12-11-. The van der Waals surface area contributed by atoms with Gasteiger partial charge in [-0.1, -0.05) is 25.1 Å². The molecule has 6 heteroatoms. The molecule has 0 aromatic heterocycles. The number of rotatable bonds is 6. The maximum absolute atomic E-state index is 12.3. The molecule has 2 amide bonds. The van der Waals surface area contributed by atoms with Crippen LogP contribution >= 0.6 is 0 Å². The molecule has 0 saturated carbocycles. The summed E-state index contributed by atoms with van der Waals surface area (Å²) in [5.41, 5.74) is 2.69. The zero-order valence-corrected chi connectivity index (χ0v) is 13.6. The van der Waals surface area contributed by atoms with Crippen LogP contribution in [-0.2, 0) is 16.0 Å². The number of carboxylic acids is 1. The van der Waals surface area contributed by atoms with E-state index >= 15 is 0 Å². The van der Waals surface area contributed by atoms with Crippen molar-refractivity contribution >= 4 is 29.2 Å². The lowest BCUT2D eigenvalue weighted by atomic mass is 10.1. The zero-order chi connectivity index (χ0) is 18.2. The second-order valence-corrected chi connectivity index (χ2v) is 5.18. The Morgan fingerprint density at radius 3 is 2.28 bits per heavy atom. The van der Waals surface area contributed by atoms with Gasteiger partial charge in [-0.25, -0.2) is 0 Å². The van der Waals surface area contributed by atoms with E-state index in [-0.39, 0.29) is 5.91 Å². The van der Waals surface area contributed by atoms with Crippen molar-refractivity contribution in [2.24, 2.45) is 0 Å². The molecule has 2 N–H and O–H groups in total. The van der Waals surface area contributed by atoms with Gasteiger partial charge in [-0.05, 0) is 48.4 Å². The molecule has 2 aromatic carbocycles. The first kappa shape index (κ1) is 17.9. The number of nitrogens with one attached hydrogen (secondary N) is 2. The van der Waals surface area contributed by atoms with Gasteiger partial charge < -0.3 is 20.5 Å². The van der Waals surface area contributed by atoms with E-state index in [2.05, 4.69) is 10.6 Å². The van der Waals surface area contributed by atoms with Crippen molar-refractivity contribution in [2.45, 2.75) is 13.3 Å². The second kappa shape index (κ2) is 8.44. The molecule has 0 saturated heterocycles. The molecule has 0 spiro atoms. The molecule has 0 radical (unpaired) electrons. The number of carbonyl (C=O) groups excluding carboxylic acids is 3. The summed E-state index contributed by atoms with van der Waals surface area (Å²) in [6.45, 7) is 2.01. The Hall–Kier alpha value is -3.41. The molecular formula is C19H17N2O4-. The normalized spacial score (nSPS) is 10.4. The van der Waals surface area contributed by atoms with Crippen LogP contribution in [0.2, 0.25) is 0 Å². The van der Waals surface area contributed by atoms with Gasteiger partial charge in [0.25, 0.3) is 5.91 Å². The van der Waals surface area contributed by atoms with E-state index in [9.17, 15) is 19.5 Å². The summed E-state index contributed by atoms with van der Waals surface area (Å²) in [7, 11) is 0. The first-order valence-corrected chi connectivity index (χ1v) is 7.69. The lowest BCUT2D eigenvalue weighted by molar-refractivity contribution is -0.297. The molecule has 0 fully saturated rings. The SMILES string of the molecule is CCc1ccccc1NC(=O)c1ccc(NC(=O)/C=C\C(=O)[O-])cc1. The van der Waals surface area contributed by atoms with Crippen molar-refractivity contribution in [1.82, 2.24) is 0 Å². The third kappa shape index (κ3) is 5.31. The third-order valence-electron chi connectivity index (χ3n) is 3.43. The molecule has 2 rings (SSSR count). The number of benzene rings is 2. The Morgan fingerprint density at radius 1 is 0.960 bits per heavy atom. The molecule has 0 atom stereocenters. The van der Waals surface area contributed by atoms with Crippen LogP contribution < -0.4 is 15.7 Å². The number of anilines is 2. The topological polar surface area (TPSA) is 98.3 Å². The Labute approximate surface area is 145 Å². The monoisotopic (exact) mass is 337 g/mol. The summed E-state index contributed by atoms with van der Waals surface area (Å²) >= 11 is 0. The van der Waals surface area contributed by atoms with Crippen LogP contribution in [0.5, 0.6) is 0 Å². The number of aryl methyl sites for hydroxylation is 1. The minimum absolute atomic E-state index is 0.254. The Morgan fingerprint density at radius 2 is 1.64 bits per heavy atom. The van der Waals surface area contributed by atoms with Gasteiger partial charge in [-0.2, -0.15) is 0 Å². The van der Waals surface area contributed by atoms with Crippen LogP contribution in [0.4, 0.5) is 11.4 Å². The van der Waals surface area contributed by atoms with Crippen molar-refractivity contribution in [3.8, 4) is 0 Å². The van der Waals surface area contributed by atoms with Crippen LogP contribution in [-0.4, -0.2) is 17.8 Å². The highest BCUT2D eigenvalue weighted by molar-refractivity contribution is 6.05. The Balaban J connectivity index is 2.03. The number of carbonyl (C=O) groups is 3. The van der Waals surface area contributed by atoms with Crippen LogP contribution in [0.3, 0.4) is 0 Å². The smallest absolute Gasteiger partial charge is 0.255 e. The van der Waals surface area contributed by atoms with Gasteiger partial charge in [0.05, 0.1) is 5.97 Å². The fourth-order valence-electron chi connectivity index (χ4n) is 2.18. The molecule has 2 aromatic rings. The predicted molar refractivity (Wildman–Crippen MR) is 93.0 cm³/mol. The summed E-state index contributed by atoms with van der Waals surface area (Å²) in [6.07, 6.45) is 2.31. The molecule has 25 heavy (non-hydrogen) atoms. The Kier molecular flexibility index (Phi) is 6.06. The lowest BCUT2D eigenvalue weighted by Gasteiger charge is -2.10. The fraction of sp³-hybridized carbons (Fsp3) is 0.105. The first-order valence-electron chi connectivity index (χ1n) is 7.69. The highest BCUT2D eigenvalue weighted by atomic mass is 16.4. The molecule has 6 nitrogen and oxygen atoms in total. The van der Waals surface area contributed by atoms with Gasteiger partial charge in [-0.15, -0.1) is 0 Å². The largest absolute Gasteiger partial charge is 0.545 e. The molecule has 0 bridgehead atoms. The average Bonchev–Trinajstić information content (AvgIpc) is 2.61. The van der Waals surface area contributed by atoms with Gasteiger partial charge in [0.15, 0.2) is 0 Å². The van der Waals surface area contributed by atoms with E-state index in [0.717, 1.165) is 23.7 Å². The molecule has 0 unspecified atom stereocenters. The van der Waals surface area contributed by atoms with Gasteiger partial charge >= 0.3 is 0 Å². The van der Waals surface area contributed by atoms with Gasteiger partial charge in [-0.3, -0.25) is 9.59 Å². The highest BCUT2D eigenvalue weighted by Crippen LogP contribution is 2.17. The fourth-order valence-corrected chi connectivity index (χ4v) is 2.18. The average molecular weight is 337 g/mol. The van der Waals surface area contributed by atoms with Crippen LogP contribution in [0.1, 0.15) is 22.8 Å². The summed E-state index contributed by atoms with van der Waals surface area (Å²) in [5.74, 6) is -2.30. The van der Waals surface area contributed by atoms with Crippen molar-refractivity contribution in [1.29, 1.82) is 0 Å². The number of hydrogen-bond donors (Lipinski definition) is 2. The Bertz CT molecular complexity index is 810. The molecule has 0 aliphatic rings. The van der Waals surface area contributed by atoms with Gasteiger partial charge in [0.2, 0.25) is 5.91 Å². The van der Waals surface area contributed by atoms with Crippen LogP contribution in [0.25, 0.3) is 0 Å². The number of aliphatic carboxylic acids is 1. The van der Waals surface area contributed by atoms with Crippen LogP contribution in [0.15, 0.2) is 60.7 Å². The summed E-state index contributed by atoms with van der Waals surface area (Å²) < 4.78 is 0. The van der Waals surface area contributed by atoms with Gasteiger partial charge in [0.1, 0.15) is 0 Å². The minimum atomic E-state index is -1.45. The minimum Gasteiger partial charge on any atom is -0.545 e. The molecule has 0 aliphatic carbocycles. The van der Waals surface area contributed by atoms with Crippen molar-refractivity contribution in [3.05, 3.63) is 71.8 Å². The summed E-state index contributed by atoms with van der Waals surface area (Å²) in [4.78, 5) is 34.0. The highest BCUT2D eigenvalue weighted by Gasteiger charge is 2.08. The molecule has 128 valence electrons. The second-order valence-electron chi connectivity index (χ2n) is 5.18. The number of para-hydroxylation sites is 1. The van der Waals surface area contributed by atoms with Crippen LogP contribution in [0, 0.1) is 0 Å². The third-order valence-corrected chi connectivity index (χ3v) is 3.43.